The zero-order chi connectivity index (χ0) is 73.2. The van der Waals surface area contributed by atoms with Crippen LogP contribution < -0.4 is 41.5 Å². The Hall–Kier alpha value is -5.24. The number of aromatic nitrogens is 12. The molecule has 4 aliphatic heterocycles. The van der Waals surface area contributed by atoms with E-state index in [4.69, 9.17) is 54.8 Å². The summed E-state index contributed by atoms with van der Waals surface area (Å²) in [4.78, 5) is 80.9. The Kier molecular flexibility index (Phi) is 27.1. The molecule has 0 amide bonds. The number of nitrogens with zero attached hydrogens (tertiary/aromatic N) is 20. The van der Waals surface area contributed by atoms with Crippen LogP contribution in [0.5, 0.6) is 0 Å². The van der Waals surface area contributed by atoms with Gasteiger partial charge in [-0.25, -0.2) is 45.3 Å². The number of unbranched alkanes of at least 4 members (excludes halogenated alkanes) is 5. The van der Waals surface area contributed by atoms with E-state index in [2.05, 4.69) is 233 Å². The van der Waals surface area contributed by atoms with Crippen LogP contribution in [0.4, 0.5) is 29.7 Å². The van der Waals surface area contributed by atoms with Gasteiger partial charge in [0.15, 0.2) is 5.82 Å². The standard InChI is InChI=1S/C76H138N24/c1-25-29-39-97(56-43-69(5,6)93(21)70(7,8)44-56)65-81-51-77-61(85-65)36-34-33-35-55(62-78-52-82-66(86-62)98(40-30-26-2)57-45-71(9,10)94(22)72(11,12)46-57)37-38-60(63-79-53-83-67(87-63)99(41-31-27-3)58-47-73(13,14)95(23)74(15,16)48-58)89-91-92-90-64-80-54-84-68(88-64)100(42-32-28-4)59-49-75(17,18)96(24)76(19,20)50-59/h51-60,89,91-92H,25-50H2,1-24H3,(H,80,84,88,90). The van der Waals surface area contributed by atoms with Gasteiger partial charge in [-0.15, -0.1) is 0 Å². The number of nitrogens with one attached hydrogen (secondary N) is 4. The van der Waals surface area contributed by atoms with Crippen molar-refractivity contribution in [1.29, 1.82) is 0 Å². The van der Waals surface area contributed by atoms with Crippen molar-refractivity contribution in [3.63, 3.8) is 0 Å². The molecule has 4 aromatic heterocycles. The number of likely N-dealkylation sites (tertiary alicyclic amines) is 4. The molecule has 4 aromatic rings. The summed E-state index contributed by atoms with van der Waals surface area (Å²) in [6.07, 6.45) is 28.1. The van der Waals surface area contributed by atoms with Crippen LogP contribution in [0.15, 0.2) is 25.3 Å². The van der Waals surface area contributed by atoms with Gasteiger partial charge in [0.05, 0.1) is 6.04 Å². The quantitative estimate of drug-likeness (QED) is 0.0248. The molecule has 8 heterocycles. The van der Waals surface area contributed by atoms with Crippen LogP contribution in [0.2, 0.25) is 0 Å². The van der Waals surface area contributed by atoms with E-state index in [-0.39, 0.29) is 68.4 Å². The zero-order valence-corrected chi connectivity index (χ0v) is 67.1. The largest absolute Gasteiger partial charge is 0.338 e. The second kappa shape index (κ2) is 33.7. The van der Waals surface area contributed by atoms with Crippen LogP contribution in [-0.4, -0.2) is 202 Å². The monoisotopic (exact) mass is 1390 g/mol. The third-order valence-corrected chi connectivity index (χ3v) is 24.4. The topological polar surface area (TPSA) is 229 Å². The van der Waals surface area contributed by atoms with Crippen molar-refractivity contribution in [2.75, 3.05) is 79.4 Å². The van der Waals surface area contributed by atoms with Gasteiger partial charge in [0.1, 0.15) is 37.0 Å². The third kappa shape index (κ3) is 20.0. The highest BCUT2D eigenvalue weighted by molar-refractivity contribution is 5.39. The van der Waals surface area contributed by atoms with E-state index in [1.807, 2.05) is 0 Å². The Bertz CT molecular complexity index is 2890. The van der Waals surface area contributed by atoms with Crippen molar-refractivity contribution in [3.05, 3.63) is 42.8 Å². The smallest absolute Gasteiger partial charge is 0.243 e. The molecule has 4 N–H and O–H groups in total. The highest BCUT2D eigenvalue weighted by Crippen LogP contribution is 2.45. The molecule has 0 spiro atoms. The number of piperidine rings is 4. The van der Waals surface area contributed by atoms with Crippen molar-refractivity contribution < 1.29 is 0 Å². The van der Waals surface area contributed by atoms with E-state index in [1.165, 1.54) is 0 Å². The van der Waals surface area contributed by atoms with Crippen molar-refractivity contribution >= 4 is 29.7 Å². The summed E-state index contributed by atoms with van der Waals surface area (Å²) in [5.74, 6) is 5.59. The molecule has 8 rings (SSSR count). The van der Waals surface area contributed by atoms with Gasteiger partial charge in [0.2, 0.25) is 29.7 Å². The first kappa shape index (κ1) is 80.4. The molecule has 24 nitrogen and oxygen atoms in total. The molecule has 0 bridgehead atoms. The molecule has 0 aromatic carbocycles. The van der Waals surface area contributed by atoms with Crippen molar-refractivity contribution in [1.82, 2.24) is 95.9 Å². The highest BCUT2D eigenvalue weighted by Gasteiger charge is 2.49. The molecule has 562 valence electrons. The van der Waals surface area contributed by atoms with Gasteiger partial charge in [-0.1, -0.05) is 59.8 Å². The summed E-state index contributed by atoms with van der Waals surface area (Å²) >= 11 is 0. The summed E-state index contributed by atoms with van der Waals surface area (Å²) in [5.41, 5.74) is 13.5. The molecule has 0 saturated carbocycles. The van der Waals surface area contributed by atoms with Crippen LogP contribution in [0, 0.1) is 0 Å². The molecule has 100 heavy (non-hydrogen) atoms. The number of hydrazine groups is 3. The molecule has 24 heteroatoms. The van der Waals surface area contributed by atoms with Crippen LogP contribution >= 0.6 is 0 Å². The second-order valence-electron chi connectivity index (χ2n) is 35.4. The Morgan fingerprint density at radius 3 is 1.08 bits per heavy atom. The van der Waals surface area contributed by atoms with Gasteiger partial charge in [0, 0.05) is 107 Å². The average molecular weight is 1390 g/mol. The minimum absolute atomic E-state index is 0.00235. The number of anilines is 5. The summed E-state index contributed by atoms with van der Waals surface area (Å²) in [5, 5.41) is 0. The minimum Gasteiger partial charge on any atom is -0.338 e. The Balaban J connectivity index is 1.11. The summed E-state index contributed by atoms with van der Waals surface area (Å²) < 4.78 is 0. The zero-order valence-electron chi connectivity index (χ0n) is 67.1. The first-order valence-corrected chi connectivity index (χ1v) is 38.8. The predicted molar refractivity (Wildman–Crippen MR) is 409 cm³/mol. The molecule has 2 unspecified atom stereocenters. The van der Waals surface area contributed by atoms with Crippen molar-refractivity contribution in [2.24, 2.45) is 0 Å². The summed E-state index contributed by atoms with van der Waals surface area (Å²) in [7, 11) is 9.09. The van der Waals surface area contributed by atoms with Crippen LogP contribution in [0.3, 0.4) is 0 Å². The molecular weight excluding hydrogens is 1250 g/mol. The first-order valence-electron chi connectivity index (χ1n) is 38.8. The van der Waals surface area contributed by atoms with E-state index in [1.54, 1.807) is 25.3 Å². The summed E-state index contributed by atoms with van der Waals surface area (Å²) in [6.45, 7) is 50.5. The Morgan fingerprint density at radius 1 is 0.370 bits per heavy atom. The van der Waals surface area contributed by atoms with E-state index in [0.717, 1.165) is 185 Å². The normalized spacial score (nSPS) is 21.8. The SMILES string of the molecule is CCCCN(c1ncnc(CCCCC(CCC(NNNNc2ncnc(N(CCCC)C3CC(C)(C)N(C)C(C)(C)C3)n2)c2ncnc(N(CCCC)C3CC(C)(C)N(C)C(C)(C)C3)n2)c2ncnc(N(CCCC)C3CC(C)(C)N(C)C(C)(C)C3)n2)n1)C1CC(C)(C)N(C)C(C)(C)C1. The van der Waals surface area contributed by atoms with Gasteiger partial charge in [-0.05, 0) is 242 Å². The molecule has 0 radical (unpaired) electrons. The number of hydrogen-bond donors (Lipinski definition) is 4. The molecule has 0 aliphatic carbocycles. The number of hydrogen-bond acceptors (Lipinski definition) is 24. The van der Waals surface area contributed by atoms with Crippen LogP contribution in [0.25, 0.3) is 0 Å². The van der Waals surface area contributed by atoms with E-state index in [9.17, 15) is 0 Å². The fourth-order valence-electron chi connectivity index (χ4n) is 17.5. The lowest BCUT2D eigenvalue weighted by Crippen LogP contribution is -2.63. The molecule has 2 atom stereocenters. The lowest BCUT2D eigenvalue weighted by Gasteiger charge is -2.55. The van der Waals surface area contributed by atoms with Gasteiger partial charge in [-0.3, -0.25) is 25.0 Å². The molecular formula is C76H138N24. The third-order valence-electron chi connectivity index (χ3n) is 24.4. The van der Waals surface area contributed by atoms with Crippen molar-refractivity contribution in [3.8, 4) is 0 Å². The van der Waals surface area contributed by atoms with Crippen molar-refractivity contribution in [2.45, 2.75) is 360 Å². The Labute approximate surface area is 605 Å². The fraction of sp³-hybridized carbons (Fsp3) is 0.842. The first-order chi connectivity index (χ1) is 47.0. The molecule has 4 saturated heterocycles. The van der Waals surface area contributed by atoms with Gasteiger partial charge >= 0.3 is 0 Å². The fourth-order valence-corrected chi connectivity index (χ4v) is 17.5. The summed E-state index contributed by atoms with van der Waals surface area (Å²) in [6, 6.07) is 0.658. The lowest BCUT2D eigenvalue weighted by molar-refractivity contribution is -0.0132. The van der Waals surface area contributed by atoms with Gasteiger partial charge < -0.3 is 19.6 Å². The van der Waals surface area contributed by atoms with Gasteiger partial charge in [0.25, 0.3) is 0 Å². The maximum Gasteiger partial charge on any atom is 0.243 e. The minimum atomic E-state index is -0.405. The van der Waals surface area contributed by atoms with Gasteiger partial charge in [-0.2, -0.15) is 31.0 Å². The number of rotatable bonds is 35. The molecule has 4 aliphatic rings. The Morgan fingerprint density at radius 2 is 0.700 bits per heavy atom. The van der Waals surface area contributed by atoms with Crippen LogP contribution in [0.1, 0.15) is 303 Å². The highest BCUT2D eigenvalue weighted by atomic mass is 15.7. The molecule has 4 fully saturated rings. The maximum atomic E-state index is 5.58. The second-order valence-corrected chi connectivity index (χ2v) is 35.4. The average Bonchev–Trinajstić information content (AvgIpc) is 0.785. The number of aryl methyl sites for hydroxylation is 1. The lowest BCUT2D eigenvalue weighted by atomic mass is 9.77. The maximum absolute atomic E-state index is 5.58. The predicted octanol–water partition coefficient (Wildman–Crippen LogP) is 13.1. The van der Waals surface area contributed by atoms with E-state index in [0.29, 0.717) is 36.1 Å². The van der Waals surface area contributed by atoms with E-state index < -0.39 is 6.04 Å². The van der Waals surface area contributed by atoms with E-state index >= 15 is 0 Å². The van der Waals surface area contributed by atoms with Crippen LogP contribution in [-0.2, 0) is 6.42 Å².